The van der Waals surface area contributed by atoms with Gasteiger partial charge in [-0.25, -0.2) is 0 Å². The highest BCUT2D eigenvalue weighted by Crippen LogP contribution is 1.88. The Morgan fingerprint density at radius 2 is 2.25 bits per heavy atom. The van der Waals surface area contributed by atoms with Gasteiger partial charge in [0.1, 0.15) is 7.85 Å². The Morgan fingerprint density at radius 3 is 2.62 bits per heavy atom. The number of hydrogen-bond acceptors (Lipinski definition) is 0. The van der Waals surface area contributed by atoms with Gasteiger partial charge in [0.05, 0.1) is 0 Å². The fourth-order valence-electron chi connectivity index (χ4n) is 0.384. The molecule has 0 aromatic carbocycles. The third-order valence-corrected chi connectivity index (χ3v) is 0.669. The second-order valence-corrected chi connectivity index (χ2v) is 1.40. The molecule has 0 atom stereocenters. The molecule has 0 aliphatic heterocycles. The molecule has 2 radical (unpaired) electrons. The minimum Gasteiger partial charge on any atom is -0.0991 e. The Balaban J connectivity index is 3.79. The summed E-state index contributed by atoms with van der Waals surface area (Å²) in [4.78, 5) is 0. The van der Waals surface area contributed by atoms with Gasteiger partial charge in [-0.15, -0.1) is 0 Å². The molecule has 0 spiro atoms. The lowest BCUT2D eigenvalue weighted by molar-refractivity contribution is 1.71. The summed E-state index contributed by atoms with van der Waals surface area (Å²) in [7, 11) is 5.40. The van der Waals surface area contributed by atoms with Gasteiger partial charge < -0.3 is 0 Å². The Bertz CT molecular complexity index is 120. The summed E-state index contributed by atoms with van der Waals surface area (Å²) >= 11 is 0. The maximum absolute atomic E-state index is 5.40. The SMILES string of the molecule is [B]C(/C=C\C)=C/C=C. The van der Waals surface area contributed by atoms with E-state index in [0.717, 1.165) is 5.47 Å². The maximum Gasteiger partial charge on any atom is 0.113 e. The van der Waals surface area contributed by atoms with E-state index in [9.17, 15) is 0 Å². The fraction of sp³-hybridized carbons (Fsp3) is 0.143. The van der Waals surface area contributed by atoms with E-state index in [0.29, 0.717) is 0 Å². The summed E-state index contributed by atoms with van der Waals surface area (Å²) in [5, 5.41) is 0. The van der Waals surface area contributed by atoms with Crippen molar-refractivity contribution >= 4 is 7.85 Å². The van der Waals surface area contributed by atoms with Crippen LogP contribution < -0.4 is 0 Å². The van der Waals surface area contributed by atoms with E-state index in [1.165, 1.54) is 0 Å². The number of rotatable bonds is 2. The van der Waals surface area contributed by atoms with E-state index in [2.05, 4.69) is 6.58 Å². The van der Waals surface area contributed by atoms with Crippen LogP contribution in [0, 0.1) is 0 Å². The molecule has 0 fully saturated rings. The Hall–Kier alpha value is -0.715. The lowest BCUT2D eigenvalue weighted by atomic mass is 9.95. The monoisotopic (exact) mass is 104 g/mol. The van der Waals surface area contributed by atoms with Crippen LogP contribution in [-0.4, -0.2) is 7.85 Å². The molecule has 8 heavy (non-hydrogen) atoms. The average Bonchev–Trinajstić information content (AvgIpc) is 1.68. The first kappa shape index (κ1) is 7.28. The van der Waals surface area contributed by atoms with Crippen LogP contribution in [0.2, 0.25) is 0 Å². The minimum absolute atomic E-state index is 0.738. The minimum atomic E-state index is 0.738. The third kappa shape index (κ3) is 3.47. The predicted octanol–water partition coefficient (Wildman–Crippen LogP) is 1.80. The standard InChI is InChI=1S/C7H9B/c1-3-5-7(8)6-4-2/h3-6H,1H2,2H3/b6-4-,7-5+. The van der Waals surface area contributed by atoms with Crippen LogP contribution in [0.15, 0.2) is 36.4 Å². The van der Waals surface area contributed by atoms with Crippen LogP contribution in [0.1, 0.15) is 6.92 Å². The van der Waals surface area contributed by atoms with Crippen molar-refractivity contribution < 1.29 is 0 Å². The summed E-state index contributed by atoms with van der Waals surface area (Å²) in [6.45, 7) is 5.41. The number of allylic oxidation sites excluding steroid dienone is 5. The van der Waals surface area contributed by atoms with Crippen molar-refractivity contribution in [3.8, 4) is 0 Å². The van der Waals surface area contributed by atoms with E-state index in [1.807, 2.05) is 19.1 Å². The van der Waals surface area contributed by atoms with Crippen molar-refractivity contribution in [3.05, 3.63) is 36.4 Å². The third-order valence-electron chi connectivity index (χ3n) is 0.669. The van der Waals surface area contributed by atoms with Gasteiger partial charge in [-0.1, -0.05) is 36.4 Å². The highest BCUT2D eigenvalue weighted by atomic mass is 13.7. The maximum atomic E-state index is 5.40. The highest BCUT2D eigenvalue weighted by molar-refractivity contribution is 6.23. The zero-order valence-corrected chi connectivity index (χ0v) is 5.09. The van der Waals surface area contributed by atoms with Gasteiger partial charge >= 0.3 is 0 Å². The van der Waals surface area contributed by atoms with Crippen LogP contribution in [0.4, 0.5) is 0 Å². The normalized spacial score (nSPS) is 12.4. The largest absolute Gasteiger partial charge is 0.113 e. The highest BCUT2D eigenvalue weighted by Gasteiger charge is 1.71. The summed E-state index contributed by atoms with van der Waals surface area (Å²) < 4.78 is 0. The summed E-state index contributed by atoms with van der Waals surface area (Å²) in [6.07, 6.45) is 7.12. The van der Waals surface area contributed by atoms with E-state index in [4.69, 9.17) is 7.85 Å². The van der Waals surface area contributed by atoms with E-state index in [1.54, 1.807) is 12.2 Å². The Morgan fingerprint density at radius 1 is 1.62 bits per heavy atom. The molecule has 0 aromatic heterocycles. The van der Waals surface area contributed by atoms with Crippen LogP contribution >= 0.6 is 0 Å². The molecule has 0 rings (SSSR count). The van der Waals surface area contributed by atoms with E-state index >= 15 is 0 Å². The van der Waals surface area contributed by atoms with Gasteiger partial charge in [0.15, 0.2) is 0 Å². The Kier molecular flexibility index (Phi) is 4.05. The molecule has 1 heteroatoms. The molecule has 0 aliphatic rings. The van der Waals surface area contributed by atoms with Crippen molar-refractivity contribution in [2.24, 2.45) is 0 Å². The first-order valence-electron chi connectivity index (χ1n) is 2.52. The fourth-order valence-corrected chi connectivity index (χ4v) is 0.384. The second kappa shape index (κ2) is 4.44. The lowest BCUT2D eigenvalue weighted by Gasteiger charge is -1.83. The molecule has 0 aromatic rings. The quantitative estimate of drug-likeness (QED) is 0.370. The van der Waals surface area contributed by atoms with Gasteiger partial charge in [0, 0.05) is 0 Å². The predicted molar refractivity (Wildman–Crippen MR) is 38.8 cm³/mol. The lowest BCUT2D eigenvalue weighted by Crippen LogP contribution is -1.70. The van der Waals surface area contributed by atoms with Crippen LogP contribution in [0.3, 0.4) is 0 Å². The second-order valence-electron chi connectivity index (χ2n) is 1.40. The average molecular weight is 104 g/mol. The molecule has 0 unspecified atom stereocenters. The van der Waals surface area contributed by atoms with Crippen molar-refractivity contribution in [2.75, 3.05) is 0 Å². The molecule has 0 N–H and O–H groups in total. The van der Waals surface area contributed by atoms with Gasteiger partial charge in [0.25, 0.3) is 0 Å². The van der Waals surface area contributed by atoms with Crippen molar-refractivity contribution in [1.29, 1.82) is 0 Å². The zero-order chi connectivity index (χ0) is 6.41. The van der Waals surface area contributed by atoms with Crippen LogP contribution in [-0.2, 0) is 0 Å². The molecule has 0 heterocycles. The molecule has 0 nitrogen and oxygen atoms in total. The molecule has 0 saturated carbocycles. The molecule has 0 amide bonds. The summed E-state index contributed by atoms with van der Waals surface area (Å²) in [5.74, 6) is 0. The summed E-state index contributed by atoms with van der Waals surface area (Å²) in [5.41, 5.74) is 0.738. The first-order valence-corrected chi connectivity index (χ1v) is 2.52. The molecular formula is C7H9B. The zero-order valence-electron chi connectivity index (χ0n) is 5.09. The van der Waals surface area contributed by atoms with Gasteiger partial charge in [-0.3, -0.25) is 0 Å². The van der Waals surface area contributed by atoms with Gasteiger partial charge in [0.2, 0.25) is 0 Å². The van der Waals surface area contributed by atoms with Crippen LogP contribution in [0.25, 0.3) is 0 Å². The first-order chi connectivity index (χ1) is 3.81. The molecular weight excluding hydrogens is 94.9 g/mol. The molecule has 0 aliphatic carbocycles. The van der Waals surface area contributed by atoms with Crippen LogP contribution in [0.5, 0.6) is 0 Å². The topological polar surface area (TPSA) is 0 Å². The summed E-state index contributed by atoms with van der Waals surface area (Å²) in [6, 6.07) is 0. The van der Waals surface area contributed by atoms with Gasteiger partial charge in [-0.2, -0.15) is 0 Å². The van der Waals surface area contributed by atoms with Crippen molar-refractivity contribution in [3.63, 3.8) is 0 Å². The van der Waals surface area contributed by atoms with Gasteiger partial charge in [-0.05, 0) is 6.92 Å². The number of hydrogen-bond donors (Lipinski definition) is 0. The smallest absolute Gasteiger partial charge is 0.0991 e. The molecule has 0 bridgehead atoms. The van der Waals surface area contributed by atoms with E-state index < -0.39 is 0 Å². The van der Waals surface area contributed by atoms with Crippen molar-refractivity contribution in [2.45, 2.75) is 6.92 Å². The van der Waals surface area contributed by atoms with E-state index in [-0.39, 0.29) is 0 Å². The molecule has 0 saturated heterocycles. The Labute approximate surface area is 52.0 Å². The molecule has 40 valence electrons. The van der Waals surface area contributed by atoms with Crippen molar-refractivity contribution in [1.82, 2.24) is 0 Å².